The molecule has 0 N–H and O–H groups in total. The Morgan fingerprint density at radius 3 is 2.22 bits per heavy atom. The third kappa shape index (κ3) is 2.89. The van der Waals surface area contributed by atoms with Gasteiger partial charge in [0.05, 0.1) is 0 Å². The molecule has 0 amide bonds. The fourth-order valence-electron chi connectivity index (χ4n) is 2.36. The van der Waals surface area contributed by atoms with Crippen molar-refractivity contribution in [3.05, 3.63) is 29.6 Å². The Labute approximate surface area is 107 Å². The maximum absolute atomic E-state index is 13.5. The summed E-state index contributed by atoms with van der Waals surface area (Å²) in [7, 11) is 0. The highest BCUT2D eigenvalue weighted by molar-refractivity contribution is 5.77. The van der Waals surface area contributed by atoms with Crippen LogP contribution >= 0.6 is 0 Å². The van der Waals surface area contributed by atoms with Crippen molar-refractivity contribution in [2.24, 2.45) is 11.8 Å². The van der Waals surface area contributed by atoms with E-state index in [1.807, 2.05) is 0 Å². The predicted octanol–water partition coefficient (Wildman–Crippen LogP) is 3.26. The van der Waals surface area contributed by atoms with Crippen LogP contribution in [0.3, 0.4) is 0 Å². The monoisotopic (exact) mass is 247 g/mol. The third-order valence-corrected chi connectivity index (χ3v) is 3.76. The molecule has 0 spiro atoms. The second-order valence-electron chi connectivity index (χ2n) is 5.65. The third-order valence-electron chi connectivity index (χ3n) is 3.76. The van der Waals surface area contributed by atoms with Crippen molar-refractivity contribution in [2.75, 3.05) is 18.0 Å². The van der Waals surface area contributed by atoms with Crippen molar-refractivity contribution in [1.29, 1.82) is 0 Å². The number of anilines is 1. The topological polar surface area (TPSA) is 20.3 Å². The molecule has 2 aliphatic carbocycles. The second-order valence-corrected chi connectivity index (χ2v) is 5.65. The van der Waals surface area contributed by atoms with Gasteiger partial charge >= 0.3 is 0 Å². The van der Waals surface area contributed by atoms with Crippen LogP contribution in [0.1, 0.15) is 36.0 Å². The van der Waals surface area contributed by atoms with Crippen molar-refractivity contribution in [2.45, 2.75) is 25.7 Å². The Bertz CT molecular complexity index is 438. The number of aldehydes is 1. The zero-order chi connectivity index (χ0) is 12.5. The van der Waals surface area contributed by atoms with Crippen molar-refractivity contribution in [3.8, 4) is 0 Å². The second kappa shape index (κ2) is 4.71. The summed E-state index contributed by atoms with van der Waals surface area (Å²) in [4.78, 5) is 13.1. The molecule has 0 atom stereocenters. The molecule has 2 aliphatic rings. The first-order chi connectivity index (χ1) is 8.74. The molecule has 0 saturated heterocycles. The molecule has 0 aromatic heterocycles. The quantitative estimate of drug-likeness (QED) is 0.719. The molecule has 1 aromatic rings. The molecule has 0 heterocycles. The van der Waals surface area contributed by atoms with Gasteiger partial charge in [0.1, 0.15) is 12.1 Å². The van der Waals surface area contributed by atoms with Crippen molar-refractivity contribution < 1.29 is 9.18 Å². The normalized spacial score (nSPS) is 18.7. The minimum atomic E-state index is -0.314. The molecule has 0 aliphatic heterocycles. The summed E-state index contributed by atoms with van der Waals surface area (Å²) >= 11 is 0. The van der Waals surface area contributed by atoms with Gasteiger partial charge in [-0.3, -0.25) is 4.79 Å². The minimum absolute atomic E-state index is 0.314. The zero-order valence-corrected chi connectivity index (χ0v) is 10.4. The fraction of sp³-hybridized carbons (Fsp3) is 0.533. The molecular weight excluding hydrogens is 229 g/mol. The number of carbonyl (C=O) groups is 1. The van der Waals surface area contributed by atoms with Crippen LogP contribution in [0.15, 0.2) is 18.2 Å². The van der Waals surface area contributed by atoms with Gasteiger partial charge in [-0.1, -0.05) is 0 Å². The van der Waals surface area contributed by atoms with E-state index in [1.54, 1.807) is 12.1 Å². The van der Waals surface area contributed by atoms with E-state index < -0.39 is 0 Å². The van der Waals surface area contributed by atoms with E-state index in [4.69, 9.17) is 0 Å². The lowest BCUT2D eigenvalue weighted by atomic mass is 10.1. The lowest BCUT2D eigenvalue weighted by Crippen LogP contribution is -2.28. The van der Waals surface area contributed by atoms with Crippen molar-refractivity contribution in [1.82, 2.24) is 0 Å². The molecule has 1 aromatic carbocycles. The van der Waals surface area contributed by atoms with Crippen LogP contribution in [-0.4, -0.2) is 19.4 Å². The van der Waals surface area contributed by atoms with Gasteiger partial charge in [-0.2, -0.15) is 0 Å². The molecule has 96 valence electrons. The molecule has 2 saturated carbocycles. The van der Waals surface area contributed by atoms with E-state index in [9.17, 15) is 9.18 Å². The Hall–Kier alpha value is -1.38. The van der Waals surface area contributed by atoms with E-state index in [0.29, 0.717) is 5.56 Å². The van der Waals surface area contributed by atoms with E-state index in [2.05, 4.69) is 4.90 Å². The number of hydrogen-bond donors (Lipinski definition) is 0. The van der Waals surface area contributed by atoms with Gasteiger partial charge in [0, 0.05) is 24.3 Å². The molecular formula is C15H18FNO. The number of nitrogens with zero attached hydrogens (tertiary/aromatic N) is 1. The molecule has 0 bridgehead atoms. The summed E-state index contributed by atoms with van der Waals surface area (Å²) in [5, 5.41) is 0. The average molecular weight is 247 g/mol. The van der Waals surface area contributed by atoms with Crippen LogP contribution in [0.5, 0.6) is 0 Å². The standard InChI is InChI=1S/C15H18FNO/c16-14-5-13(10-18)6-15(7-14)17(8-11-1-2-11)9-12-3-4-12/h5-7,10-12H,1-4,8-9H2. The predicted molar refractivity (Wildman–Crippen MR) is 69.4 cm³/mol. The van der Waals surface area contributed by atoms with Crippen LogP contribution < -0.4 is 4.90 Å². The van der Waals surface area contributed by atoms with Gasteiger partial charge in [0.2, 0.25) is 0 Å². The Morgan fingerprint density at radius 1 is 1.11 bits per heavy atom. The van der Waals surface area contributed by atoms with E-state index >= 15 is 0 Å². The summed E-state index contributed by atoms with van der Waals surface area (Å²) < 4.78 is 13.5. The van der Waals surface area contributed by atoms with Crippen LogP contribution in [0, 0.1) is 17.7 Å². The Balaban J connectivity index is 1.81. The van der Waals surface area contributed by atoms with Crippen molar-refractivity contribution in [3.63, 3.8) is 0 Å². The SMILES string of the molecule is O=Cc1cc(F)cc(N(CC2CC2)CC2CC2)c1. The van der Waals surface area contributed by atoms with E-state index in [0.717, 1.165) is 36.9 Å². The lowest BCUT2D eigenvalue weighted by Gasteiger charge is -2.25. The summed E-state index contributed by atoms with van der Waals surface area (Å²) in [5.74, 6) is 1.23. The molecule has 2 fully saturated rings. The molecule has 0 radical (unpaired) electrons. The lowest BCUT2D eigenvalue weighted by molar-refractivity contribution is 0.112. The summed E-state index contributed by atoms with van der Waals surface area (Å²) in [6, 6.07) is 4.65. The molecule has 2 nitrogen and oxygen atoms in total. The minimum Gasteiger partial charge on any atom is -0.371 e. The Morgan fingerprint density at radius 2 is 1.72 bits per heavy atom. The number of benzene rings is 1. The highest BCUT2D eigenvalue weighted by Crippen LogP contribution is 2.36. The summed E-state index contributed by atoms with van der Waals surface area (Å²) in [6.45, 7) is 2.02. The summed E-state index contributed by atoms with van der Waals surface area (Å²) in [5.41, 5.74) is 1.30. The maximum atomic E-state index is 13.5. The van der Waals surface area contributed by atoms with Crippen LogP contribution in [-0.2, 0) is 0 Å². The largest absolute Gasteiger partial charge is 0.371 e. The van der Waals surface area contributed by atoms with Gasteiger partial charge in [-0.15, -0.1) is 0 Å². The van der Waals surface area contributed by atoms with Crippen LogP contribution in [0.4, 0.5) is 10.1 Å². The number of hydrogen-bond acceptors (Lipinski definition) is 2. The maximum Gasteiger partial charge on any atom is 0.150 e. The van der Waals surface area contributed by atoms with Crippen molar-refractivity contribution >= 4 is 12.0 Å². The smallest absolute Gasteiger partial charge is 0.150 e. The highest BCUT2D eigenvalue weighted by atomic mass is 19.1. The van der Waals surface area contributed by atoms with Gasteiger partial charge in [-0.05, 0) is 55.7 Å². The zero-order valence-electron chi connectivity index (χ0n) is 10.4. The number of rotatable bonds is 6. The average Bonchev–Trinajstić information content (AvgIpc) is 3.22. The Kier molecular flexibility index (Phi) is 3.06. The number of halogens is 1. The van der Waals surface area contributed by atoms with Gasteiger partial charge in [0.15, 0.2) is 0 Å². The first-order valence-electron chi connectivity index (χ1n) is 6.75. The van der Waals surface area contributed by atoms with E-state index in [-0.39, 0.29) is 5.82 Å². The van der Waals surface area contributed by atoms with Gasteiger partial charge < -0.3 is 4.90 Å². The molecule has 3 rings (SSSR count). The van der Waals surface area contributed by atoms with Crippen LogP contribution in [0.2, 0.25) is 0 Å². The molecule has 18 heavy (non-hydrogen) atoms. The van der Waals surface area contributed by atoms with Crippen LogP contribution in [0.25, 0.3) is 0 Å². The van der Waals surface area contributed by atoms with Gasteiger partial charge in [0.25, 0.3) is 0 Å². The molecule has 0 unspecified atom stereocenters. The van der Waals surface area contributed by atoms with Gasteiger partial charge in [-0.25, -0.2) is 4.39 Å². The summed E-state index contributed by atoms with van der Waals surface area (Å²) in [6.07, 6.45) is 5.88. The first-order valence-corrected chi connectivity index (χ1v) is 6.75. The highest BCUT2D eigenvalue weighted by Gasteiger charge is 2.29. The fourth-order valence-corrected chi connectivity index (χ4v) is 2.36. The number of carbonyl (C=O) groups excluding carboxylic acids is 1. The van der Waals surface area contributed by atoms with E-state index in [1.165, 1.54) is 31.7 Å². The molecule has 3 heteroatoms. The first kappa shape index (κ1) is 11.7.